The summed E-state index contributed by atoms with van der Waals surface area (Å²) in [6.45, 7) is 10.3. The molecule has 0 saturated carbocycles. The minimum Gasteiger partial charge on any atom is -0.468 e. The van der Waals surface area contributed by atoms with Crippen LogP contribution in [0.5, 0.6) is 5.88 Å². The van der Waals surface area contributed by atoms with Crippen molar-refractivity contribution < 1.29 is 17.9 Å². The minimum absolute atomic E-state index is 0.0537. The predicted molar refractivity (Wildman–Crippen MR) is 144 cm³/mol. The highest BCUT2D eigenvalue weighted by Crippen LogP contribution is 2.30. The van der Waals surface area contributed by atoms with Crippen molar-refractivity contribution >= 4 is 21.9 Å². The maximum atomic E-state index is 13.3. The SMILES string of the molecule is C/C(=C\C(C)C)C1CN(C)C(=O)c2cccc(c2)S(=O)(=O)Nc2nc(cc(-c3c(C)cccc3C)n2)O1. The molecule has 1 unspecified atom stereocenters. The highest BCUT2D eigenvalue weighted by Gasteiger charge is 2.25. The molecule has 1 amide bonds. The van der Waals surface area contributed by atoms with Crippen LogP contribution in [0, 0.1) is 19.8 Å². The molecular formula is C28H32N4O4S. The third-order valence-electron chi connectivity index (χ3n) is 6.21. The van der Waals surface area contributed by atoms with Crippen LogP contribution in [-0.2, 0) is 10.0 Å². The third-order valence-corrected chi connectivity index (χ3v) is 7.54. The number of aryl methyl sites for hydroxylation is 2. The number of likely N-dealkylation sites (N-methyl/N-ethyl adjacent to an activating group) is 1. The number of hydrogen-bond acceptors (Lipinski definition) is 6. The molecule has 3 aromatic rings. The van der Waals surface area contributed by atoms with E-state index in [0.717, 1.165) is 22.3 Å². The van der Waals surface area contributed by atoms with E-state index >= 15 is 0 Å². The third kappa shape index (κ3) is 5.83. The van der Waals surface area contributed by atoms with Crippen molar-refractivity contribution in [2.24, 2.45) is 5.92 Å². The molecule has 4 rings (SSSR count). The Hall–Kier alpha value is -3.72. The highest BCUT2D eigenvalue weighted by atomic mass is 32.2. The largest absolute Gasteiger partial charge is 0.468 e. The van der Waals surface area contributed by atoms with E-state index < -0.39 is 16.1 Å². The number of rotatable bonds is 3. The van der Waals surface area contributed by atoms with Crippen molar-refractivity contribution in [1.82, 2.24) is 14.9 Å². The molecule has 1 aromatic heterocycles. The summed E-state index contributed by atoms with van der Waals surface area (Å²) in [7, 11) is -2.40. The number of allylic oxidation sites excluding steroid dienone is 1. The predicted octanol–water partition coefficient (Wildman–Crippen LogP) is 5.00. The Morgan fingerprint density at radius 3 is 2.46 bits per heavy atom. The van der Waals surface area contributed by atoms with Crippen LogP contribution in [0.2, 0.25) is 0 Å². The number of aromatic nitrogens is 2. The second kappa shape index (κ2) is 10.3. The Bertz CT molecular complexity index is 1460. The number of ether oxygens (including phenoxy) is 1. The molecule has 0 radical (unpaired) electrons. The monoisotopic (exact) mass is 520 g/mol. The van der Waals surface area contributed by atoms with Gasteiger partial charge in [-0.3, -0.25) is 4.79 Å². The first kappa shape index (κ1) is 26.3. The molecule has 0 aliphatic carbocycles. The van der Waals surface area contributed by atoms with Crippen molar-refractivity contribution in [3.8, 4) is 17.1 Å². The summed E-state index contributed by atoms with van der Waals surface area (Å²) in [5.74, 6) is 0.0578. The molecule has 1 N–H and O–H groups in total. The van der Waals surface area contributed by atoms with Gasteiger partial charge in [0.1, 0.15) is 6.10 Å². The standard InChI is InChI=1S/C28H32N4O4S/c1-17(2)13-20(5)24-16-32(6)27(33)21-11-8-12-22(14-21)37(34,35)31-28-29-23(15-25(30-28)36-24)26-18(3)9-7-10-19(26)4/h7-15,17,24H,16H2,1-6H3,(H,29,30,31)/b20-13+. The lowest BCUT2D eigenvalue weighted by Crippen LogP contribution is -2.38. The van der Waals surface area contributed by atoms with Crippen molar-refractivity contribution in [3.63, 3.8) is 0 Å². The van der Waals surface area contributed by atoms with E-state index in [1.807, 2.05) is 39.0 Å². The molecule has 8 nitrogen and oxygen atoms in total. The average Bonchev–Trinajstić information content (AvgIpc) is 2.82. The molecule has 2 aromatic carbocycles. The molecule has 0 spiro atoms. The summed E-state index contributed by atoms with van der Waals surface area (Å²) in [6.07, 6.45) is 1.57. The van der Waals surface area contributed by atoms with Gasteiger partial charge in [0.15, 0.2) is 0 Å². The summed E-state index contributed by atoms with van der Waals surface area (Å²) < 4.78 is 35.4. The molecular weight excluding hydrogens is 488 g/mol. The number of hydrogen-bond donors (Lipinski definition) is 1. The molecule has 37 heavy (non-hydrogen) atoms. The summed E-state index contributed by atoms with van der Waals surface area (Å²) in [5.41, 5.74) is 4.59. The van der Waals surface area contributed by atoms with Gasteiger partial charge >= 0.3 is 0 Å². The van der Waals surface area contributed by atoms with Crippen molar-refractivity contribution in [2.75, 3.05) is 18.3 Å². The topological polar surface area (TPSA) is 101 Å². The summed E-state index contributed by atoms with van der Waals surface area (Å²) >= 11 is 0. The van der Waals surface area contributed by atoms with Gasteiger partial charge < -0.3 is 9.64 Å². The molecule has 0 fully saturated rings. The first-order valence-corrected chi connectivity index (χ1v) is 13.6. The van der Waals surface area contributed by atoms with Gasteiger partial charge in [0, 0.05) is 24.2 Å². The molecule has 1 aliphatic heterocycles. The normalized spacial score (nSPS) is 17.8. The number of fused-ring (bicyclic) bond motifs is 4. The molecule has 2 heterocycles. The summed E-state index contributed by atoms with van der Waals surface area (Å²) in [5, 5.41) is 0. The maximum Gasteiger partial charge on any atom is 0.264 e. The van der Waals surface area contributed by atoms with E-state index in [-0.39, 0.29) is 40.7 Å². The number of benzene rings is 2. The quantitative estimate of drug-likeness (QED) is 0.488. The van der Waals surface area contributed by atoms with Crippen LogP contribution in [0.4, 0.5) is 5.95 Å². The number of anilines is 1. The van der Waals surface area contributed by atoms with Gasteiger partial charge in [-0.2, -0.15) is 4.98 Å². The van der Waals surface area contributed by atoms with Gasteiger partial charge in [-0.15, -0.1) is 0 Å². The summed E-state index contributed by atoms with van der Waals surface area (Å²) in [6, 6.07) is 13.6. The van der Waals surface area contributed by atoms with Gasteiger partial charge in [-0.1, -0.05) is 44.2 Å². The van der Waals surface area contributed by atoms with Crippen LogP contribution in [0.25, 0.3) is 11.3 Å². The van der Waals surface area contributed by atoms with Gasteiger partial charge in [-0.25, -0.2) is 18.1 Å². The number of nitrogens with zero attached hydrogens (tertiary/aromatic N) is 3. The number of carbonyl (C=O) groups excluding carboxylic acids is 1. The van der Waals surface area contributed by atoms with E-state index in [1.54, 1.807) is 25.2 Å². The van der Waals surface area contributed by atoms with Crippen LogP contribution in [-0.4, -0.2) is 48.9 Å². The molecule has 1 atom stereocenters. The van der Waals surface area contributed by atoms with Crippen molar-refractivity contribution in [3.05, 3.63) is 76.9 Å². The highest BCUT2D eigenvalue weighted by molar-refractivity contribution is 7.92. The van der Waals surface area contributed by atoms with E-state index in [0.29, 0.717) is 5.69 Å². The zero-order valence-corrected chi connectivity index (χ0v) is 22.8. The van der Waals surface area contributed by atoms with E-state index in [4.69, 9.17) is 4.74 Å². The fraction of sp³-hybridized carbons (Fsp3) is 0.321. The number of nitrogens with one attached hydrogen (secondary N) is 1. The van der Waals surface area contributed by atoms with E-state index in [2.05, 4.69) is 34.6 Å². The first-order valence-electron chi connectivity index (χ1n) is 12.1. The van der Waals surface area contributed by atoms with Crippen LogP contribution in [0.3, 0.4) is 0 Å². The van der Waals surface area contributed by atoms with Crippen LogP contribution in [0.1, 0.15) is 42.3 Å². The van der Waals surface area contributed by atoms with Gasteiger partial charge in [0.25, 0.3) is 15.9 Å². The molecule has 9 heteroatoms. The number of amides is 1. The summed E-state index contributed by atoms with van der Waals surface area (Å²) in [4.78, 5) is 23.7. The Kier molecular flexibility index (Phi) is 7.36. The first-order chi connectivity index (χ1) is 17.4. The Morgan fingerprint density at radius 1 is 1.11 bits per heavy atom. The van der Waals surface area contributed by atoms with Gasteiger partial charge in [0.05, 0.1) is 17.1 Å². The smallest absolute Gasteiger partial charge is 0.264 e. The Morgan fingerprint density at radius 2 is 1.78 bits per heavy atom. The lowest BCUT2D eigenvalue weighted by atomic mass is 10.00. The second-order valence-electron chi connectivity index (χ2n) is 9.76. The zero-order valence-electron chi connectivity index (χ0n) is 21.9. The van der Waals surface area contributed by atoms with Crippen LogP contribution in [0.15, 0.2) is 65.1 Å². The lowest BCUT2D eigenvalue weighted by molar-refractivity contribution is 0.0734. The second-order valence-corrected chi connectivity index (χ2v) is 11.4. The van der Waals surface area contributed by atoms with Crippen LogP contribution >= 0.6 is 0 Å². The minimum atomic E-state index is -4.08. The van der Waals surface area contributed by atoms with Crippen molar-refractivity contribution in [2.45, 2.75) is 45.6 Å². The Labute approximate surface area is 218 Å². The molecule has 194 valence electrons. The maximum absolute atomic E-state index is 13.3. The number of carbonyl (C=O) groups is 1. The van der Waals surface area contributed by atoms with Crippen molar-refractivity contribution in [1.29, 1.82) is 0 Å². The average molecular weight is 521 g/mol. The van der Waals surface area contributed by atoms with E-state index in [1.165, 1.54) is 17.0 Å². The van der Waals surface area contributed by atoms with E-state index in [9.17, 15) is 13.2 Å². The van der Waals surface area contributed by atoms with Crippen LogP contribution < -0.4 is 9.46 Å². The van der Waals surface area contributed by atoms with Gasteiger partial charge in [-0.05, 0) is 61.6 Å². The number of sulfonamides is 1. The molecule has 1 aliphatic rings. The zero-order chi connectivity index (χ0) is 26.9. The molecule has 4 bridgehead atoms. The Balaban J connectivity index is 1.94. The fourth-order valence-electron chi connectivity index (χ4n) is 4.46. The molecule has 0 saturated heterocycles. The van der Waals surface area contributed by atoms with Gasteiger partial charge in [0.2, 0.25) is 11.8 Å². The lowest BCUT2D eigenvalue weighted by Gasteiger charge is -2.26. The fourth-order valence-corrected chi connectivity index (χ4v) is 5.45.